The lowest BCUT2D eigenvalue weighted by Crippen LogP contribution is -2.34. The molecule has 0 amide bonds. The van der Waals surface area contributed by atoms with E-state index >= 15 is 0 Å². The zero-order chi connectivity index (χ0) is 14.1. The van der Waals surface area contributed by atoms with E-state index in [0.29, 0.717) is 12.0 Å². The van der Waals surface area contributed by atoms with Crippen LogP contribution in [-0.4, -0.2) is 23.9 Å². The van der Waals surface area contributed by atoms with E-state index in [1.807, 2.05) is 0 Å². The summed E-state index contributed by atoms with van der Waals surface area (Å²) in [5.41, 5.74) is 1.02. The van der Waals surface area contributed by atoms with Gasteiger partial charge in [0.2, 0.25) is 0 Å². The van der Waals surface area contributed by atoms with Crippen LogP contribution in [0.3, 0.4) is 0 Å². The molecule has 3 unspecified atom stereocenters. The second-order valence-corrected chi connectivity index (χ2v) is 7.28. The molecule has 2 heterocycles. The molecule has 1 saturated heterocycles. The highest BCUT2D eigenvalue weighted by molar-refractivity contribution is 7.17. The van der Waals surface area contributed by atoms with E-state index in [1.54, 1.807) is 11.3 Å². The normalized spacial score (nSPS) is 27.4. The van der Waals surface area contributed by atoms with Gasteiger partial charge in [-0.3, -0.25) is 4.79 Å². The van der Waals surface area contributed by atoms with Gasteiger partial charge in [-0.15, -0.1) is 0 Å². The molecule has 0 spiro atoms. The van der Waals surface area contributed by atoms with Crippen LogP contribution in [0.15, 0.2) is 0 Å². The first-order chi connectivity index (χ1) is 9.74. The molecule has 4 heteroatoms. The minimum absolute atomic E-state index is 0.380. The molecule has 3 nitrogen and oxygen atoms in total. The molecule has 0 radical (unpaired) electrons. The quantitative estimate of drug-likeness (QED) is 0.778. The zero-order valence-corrected chi connectivity index (χ0v) is 13.3. The number of nitrogens with zero attached hydrogens (tertiary/aromatic N) is 2. The average molecular weight is 292 g/mol. The summed E-state index contributed by atoms with van der Waals surface area (Å²) in [6.45, 7) is 5.45. The smallest absolute Gasteiger partial charge is 0.186 e. The van der Waals surface area contributed by atoms with E-state index in [4.69, 9.17) is 4.98 Å². The maximum atomic E-state index is 11.3. The molecular formula is C16H24N2OS. The molecule has 110 valence electrons. The lowest BCUT2D eigenvalue weighted by Gasteiger charge is -2.31. The first kappa shape index (κ1) is 14.1. The lowest BCUT2D eigenvalue weighted by molar-refractivity contribution is 0.112. The van der Waals surface area contributed by atoms with Gasteiger partial charge in [0.1, 0.15) is 0 Å². The molecule has 20 heavy (non-hydrogen) atoms. The molecule has 1 aromatic rings. The largest absolute Gasteiger partial charge is 0.345 e. The SMILES string of the molecule is CCC(C)c1nc(N2CCC3CCCCC32)sc1C=O. The number of fused-ring (bicyclic) bond motifs is 1. The van der Waals surface area contributed by atoms with Crippen molar-refractivity contribution in [1.82, 2.24) is 4.98 Å². The number of rotatable bonds is 4. The van der Waals surface area contributed by atoms with Crippen LogP contribution >= 0.6 is 11.3 Å². The summed E-state index contributed by atoms with van der Waals surface area (Å²) in [6.07, 6.45) is 8.77. The molecule has 0 bridgehead atoms. The summed E-state index contributed by atoms with van der Waals surface area (Å²) >= 11 is 1.60. The molecule has 2 aliphatic rings. The Morgan fingerprint density at radius 1 is 1.40 bits per heavy atom. The number of anilines is 1. The molecule has 1 saturated carbocycles. The fourth-order valence-electron chi connectivity index (χ4n) is 3.73. The fourth-order valence-corrected chi connectivity index (χ4v) is 4.81. The molecule has 3 rings (SSSR count). The first-order valence-electron chi connectivity index (χ1n) is 7.97. The lowest BCUT2D eigenvalue weighted by atomic mass is 9.85. The molecule has 1 aliphatic heterocycles. The molecule has 1 aromatic heterocycles. The zero-order valence-electron chi connectivity index (χ0n) is 12.5. The first-order valence-corrected chi connectivity index (χ1v) is 8.78. The van der Waals surface area contributed by atoms with E-state index in [2.05, 4.69) is 18.7 Å². The van der Waals surface area contributed by atoms with Crippen molar-refractivity contribution in [3.05, 3.63) is 10.6 Å². The van der Waals surface area contributed by atoms with Crippen LogP contribution in [0, 0.1) is 5.92 Å². The van der Waals surface area contributed by atoms with Crippen molar-refractivity contribution in [1.29, 1.82) is 0 Å². The summed E-state index contributed by atoms with van der Waals surface area (Å²) in [5, 5.41) is 1.09. The van der Waals surface area contributed by atoms with Gasteiger partial charge in [-0.25, -0.2) is 4.98 Å². The molecule has 0 N–H and O–H groups in total. The van der Waals surface area contributed by atoms with Crippen LogP contribution in [0.2, 0.25) is 0 Å². The highest BCUT2D eigenvalue weighted by atomic mass is 32.1. The number of aldehydes is 1. The second-order valence-electron chi connectivity index (χ2n) is 6.27. The van der Waals surface area contributed by atoms with Crippen molar-refractivity contribution < 1.29 is 4.79 Å². The Kier molecular flexibility index (Phi) is 4.11. The summed E-state index contributed by atoms with van der Waals surface area (Å²) in [6, 6.07) is 0.680. The number of aromatic nitrogens is 1. The Hall–Kier alpha value is -0.900. The summed E-state index contributed by atoms with van der Waals surface area (Å²) in [5.74, 6) is 1.24. The summed E-state index contributed by atoms with van der Waals surface area (Å²) in [7, 11) is 0. The molecular weight excluding hydrogens is 268 g/mol. The Morgan fingerprint density at radius 2 is 2.20 bits per heavy atom. The standard InChI is InChI=1S/C16H24N2OS/c1-3-11(2)15-14(10-19)20-16(17-15)18-9-8-12-6-4-5-7-13(12)18/h10-13H,3-9H2,1-2H3. The van der Waals surface area contributed by atoms with Crippen molar-refractivity contribution in [3.63, 3.8) is 0 Å². The van der Waals surface area contributed by atoms with Gasteiger partial charge in [0, 0.05) is 12.6 Å². The third kappa shape index (κ3) is 2.39. The predicted molar refractivity (Wildman–Crippen MR) is 83.9 cm³/mol. The van der Waals surface area contributed by atoms with Gasteiger partial charge in [-0.05, 0) is 37.5 Å². The van der Waals surface area contributed by atoms with Crippen LogP contribution < -0.4 is 4.90 Å². The maximum absolute atomic E-state index is 11.3. The summed E-state index contributed by atoms with van der Waals surface area (Å²) in [4.78, 5) is 19.5. The molecule has 0 aromatic carbocycles. The van der Waals surface area contributed by atoms with Crippen molar-refractivity contribution in [3.8, 4) is 0 Å². The van der Waals surface area contributed by atoms with Crippen LogP contribution in [-0.2, 0) is 0 Å². The van der Waals surface area contributed by atoms with Gasteiger partial charge in [0.25, 0.3) is 0 Å². The minimum Gasteiger partial charge on any atom is -0.345 e. The molecule has 3 atom stereocenters. The highest BCUT2D eigenvalue weighted by Crippen LogP contribution is 2.41. The minimum atomic E-state index is 0.380. The monoisotopic (exact) mass is 292 g/mol. The van der Waals surface area contributed by atoms with Gasteiger partial charge in [0.05, 0.1) is 10.6 Å². The van der Waals surface area contributed by atoms with Gasteiger partial charge in [-0.2, -0.15) is 0 Å². The van der Waals surface area contributed by atoms with Crippen molar-refractivity contribution in [2.45, 2.75) is 64.3 Å². The van der Waals surface area contributed by atoms with E-state index in [9.17, 15) is 4.79 Å². The highest BCUT2D eigenvalue weighted by Gasteiger charge is 2.37. The fraction of sp³-hybridized carbons (Fsp3) is 0.750. The number of hydrogen-bond donors (Lipinski definition) is 0. The van der Waals surface area contributed by atoms with Crippen LogP contribution in [0.5, 0.6) is 0 Å². The van der Waals surface area contributed by atoms with Crippen LogP contribution in [0.1, 0.15) is 73.7 Å². The number of carbonyl (C=O) groups is 1. The molecule has 1 aliphatic carbocycles. The average Bonchev–Trinajstić information content (AvgIpc) is 3.09. The van der Waals surface area contributed by atoms with Crippen molar-refractivity contribution in [2.75, 3.05) is 11.4 Å². The van der Waals surface area contributed by atoms with Gasteiger partial charge in [0.15, 0.2) is 11.4 Å². The van der Waals surface area contributed by atoms with E-state index in [1.165, 1.54) is 32.1 Å². The van der Waals surface area contributed by atoms with E-state index < -0.39 is 0 Å². The number of thiazole rings is 1. The third-order valence-corrected chi connectivity index (χ3v) is 6.15. The Balaban J connectivity index is 1.87. The topological polar surface area (TPSA) is 33.2 Å². The molecule has 2 fully saturated rings. The predicted octanol–water partition coefficient (Wildman–Crippen LogP) is 4.24. The van der Waals surface area contributed by atoms with Crippen molar-refractivity contribution >= 4 is 22.8 Å². The van der Waals surface area contributed by atoms with Gasteiger partial charge >= 0.3 is 0 Å². The van der Waals surface area contributed by atoms with Gasteiger partial charge < -0.3 is 4.90 Å². The third-order valence-electron chi connectivity index (χ3n) is 5.11. The van der Waals surface area contributed by atoms with Crippen LogP contribution in [0.4, 0.5) is 5.13 Å². The number of hydrogen-bond acceptors (Lipinski definition) is 4. The van der Waals surface area contributed by atoms with Gasteiger partial charge in [-0.1, -0.05) is 38.0 Å². The van der Waals surface area contributed by atoms with Crippen LogP contribution in [0.25, 0.3) is 0 Å². The number of carbonyl (C=O) groups excluding carboxylic acids is 1. The second kappa shape index (κ2) is 5.84. The maximum Gasteiger partial charge on any atom is 0.186 e. The Bertz CT molecular complexity index is 485. The van der Waals surface area contributed by atoms with Crippen molar-refractivity contribution in [2.24, 2.45) is 5.92 Å². The van der Waals surface area contributed by atoms with E-state index in [-0.39, 0.29) is 0 Å². The Morgan fingerprint density at radius 3 is 2.95 bits per heavy atom. The summed E-state index contributed by atoms with van der Waals surface area (Å²) < 4.78 is 0. The Labute approximate surface area is 125 Å². The van der Waals surface area contributed by atoms with E-state index in [0.717, 1.165) is 40.9 Å².